The first-order valence-electron chi connectivity index (χ1n) is 3.80. The molecular weight excluding hydrogens is 153 g/mol. The van der Waals surface area contributed by atoms with Crippen LogP contribution < -0.4 is 0 Å². The maximum absolute atomic E-state index is 11.6. The second kappa shape index (κ2) is 4.62. The summed E-state index contributed by atoms with van der Waals surface area (Å²) in [6.07, 6.45) is -1.71. The summed E-state index contributed by atoms with van der Waals surface area (Å²) in [5.74, 6) is 0.154. The van der Waals surface area contributed by atoms with Gasteiger partial charge in [-0.05, 0) is 25.2 Å². The van der Waals surface area contributed by atoms with Crippen molar-refractivity contribution in [3.8, 4) is 0 Å². The zero-order chi connectivity index (χ0) is 8.91. The molecule has 0 N–H and O–H groups in total. The van der Waals surface area contributed by atoms with E-state index in [0.717, 1.165) is 6.42 Å². The average molecular weight is 167 g/mol. The normalized spacial score (nSPS) is 15.0. The Labute approximate surface area is 65.8 Å². The molecule has 0 spiro atoms. The second-order valence-corrected chi connectivity index (χ2v) is 2.90. The molecule has 1 unspecified atom stereocenters. The monoisotopic (exact) mass is 167 g/mol. The van der Waals surface area contributed by atoms with Crippen LogP contribution in [0.4, 0.5) is 13.2 Å². The number of alkyl halides is 3. The molecule has 0 amide bonds. The molecular formula is C8H14F3. The summed E-state index contributed by atoms with van der Waals surface area (Å²) >= 11 is 0. The standard InChI is InChI=1S/C8H14F3/c1-3-4-7(2)5-6-8(9,10)11/h3,7H,4-6H2,1-2H3. The highest BCUT2D eigenvalue weighted by molar-refractivity contribution is 4.64. The summed E-state index contributed by atoms with van der Waals surface area (Å²) in [5.41, 5.74) is 0. The lowest BCUT2D eigenvalue weighted by atomic mass is 10.0. The molecule has 0 aromatic heterocycles. The highest BCUT2D eigenvalue weighted by atomic mass is 19.4. The van der Waals surface area contributed by atoms with Crippen molar-refractivity contribution in [1.29, 1.82) is 0 Å². The van der Waals surface area contributed by atoms with Crippen molar-refractivity contribution in [2.24, 2.45) is 5.92 Å². The van der Waals surface area contributed by atoms with E-state index in [9.17, 15) is 13.2 Å². The van der Waals surface area contributed by atoms with Crippen LogP contribution in [0.5, 0.6) is 0 Å². The SMILES string of the molecule is C[CH]CC(C)CCC(F)(F)F. The van der Waals surface area contributed by atoms with Crippen molar-refractivity contribution in [2.45, 2.75) is 39.3 Å². The molecule has 0 heterocycles. The molecule has 0 aromatic rings. The van der Waals surface area contributed by atoms with Crippen LogP contribution in [-0.2, 0) is 0 Å². The molecule has 11 heavy (non-hydrogen) atoms. The van der Waals surface area contributed by atoms with E-state index in [-0.39, 0.29) is 12.3 Å². The molecule has 0 bridgehead atoms. The Morgan fingerprint density at radius 1 is 1.36 bits per heavy atom. The van der Waals surface area contributed by atoms with Gasteiger partial charge in [0.05, 0.1) is 0 Å². The largest absolute Gasteiger partial charge is 0.389 e. The van der Waals surface area contributed by atoms with Crippen molar-refractivity contribution in [1.82, 2.24) is 0 Å². The van der Waals surface area contributed by atoms with Crippen molar-refractivity contribution in [3.05, 3.63) is 6.42 Å². The Hall–Kier alpha value is -0.210. The highest BCUT2D eigenvalue weighted by Gasteiger charge is 2.26. The Morgan fingerprint density at radius 3 is 2.27 bits per heavy atom. The summed E-state index contributed by atoms with van der Waals surface area (Å²) in [6.45, 7) is 3.70. The predicted molar refractivity (Wildman–Crippen MR) is 39.0 cm³/mol. The van der Waals surface area contributed by atoms with E-state index in [4.69, 9.17) is 0 Å². The molecule has 0 aliphatic rings. The van der Waals surface area contributed by atoms with E-state index in [0.29, 0.717) is 0 Å². The second-order valence-electron chi connectivity index (χ2n) is 2.90. The molecule has 1 radical (unpaired) electrons. The molecule has 0 aliphatic heterocycles. The topological polar surface area (TPSA) is 0 Å². The van der Waals surface area contributed by atoms with Gasteiger partial charge < -0.3 is 0 Å². The van der Waals surface area contributed by atoms with E-state index >= 15 is 0 Å². The molecule has 0 saturated carbocycles. The molecule has 3 heteroatoms. The van der Waals surface area contributed by atoms with Gasteiger partial charge in [0.1, 0.15) is 0 Å². The smallest absolute Gasteiger partial charge is 0.171 e. The molecule has 0 aromatic carbocycles. The molecule has 0 rings (SSSR count). The zero-order valence-corrected chi connectivity index (χ0v) is 6.91. The van der Waals surface area contributed by atoms with Gasteiger partial charge in [-0.2, -0.15) is 13.2 Å². The molecule has 0 nitrogen and oxygen atoms in total. The van der Waals surface area contributed by atoms with Crippen LogP contribution in [0.15, 0.2) is 0 Å². The Morgan fingerprint density at radius 2 is 1.91 bits per heavy atom. The van der Waals surface area contributed by atoms with Crippen LogP contribution in [0.3, 0.4) is 0 Å². The molecule has 0 aliphatic carbocycles. The van der Waals surface area contributed by atoms with Crippen LogP contribution in [0.1, 0.15) is 33.1 Å². The Kier molecular flexibility index (Phi) is 4.54. The van der Waals surface area contributed by atoms with Gasteiger partial charge in [0.15, 0.2) is 0 Å². The number of hydrogen-bond acceptors (Lipinski definition) is 0. The minimum absolute atomic E-state index is 0.154. The van der Waals surface area contributed by atoms with Crippen LogP contribution in [0, 0.1) is 12.3 Å². The summed E-state index contributed by atoms with van der Waals surface area (Å²) in [6, 6.07) is 0. The lowest BCUT2D eigenvalue weighted by Crippen LogP contribution is -2.09. The maximum atomic E-state index is 11.6. The first kappa shape index (κ1) is 10.8. The lowest BCUT2D eigenvalue weighted by Gasteiger charge is -2.11. The minimum atomic E-state index is -3.98. The van der Waals surface area contributed by atoms with Gasteiger partial charge in [-0.15, -0.1) is 0 Å². The van der Waals surface area contributed by atoms with Gasteiger partial charge in [0.25, 0.3) is 0 Å². The zero-order valence-electron chi connectivity index (χ0n) is 6.91. The van der Waals surface area contributed by atoms with Crippen LogP contribution in [0.25, 0.3) is 0 Å². The van der Waals surface area contributed by atoms with Gasteiger partial charge in [-0.3, -0.25) is 0 Å². The van der Waals surface area contributed by atoms with E-state index < -0.39 is 12.6 Å². The van der Waals surface area contributed by atoms with Crippen molar-refractivity contribution in [3.63, 3.8) is 0 Å². The summed E-state index contributed by atoms with van der Waals surface area (Å²) in [7, 11) is 0. The predicted octanol–water partition coefficient (Wildman–Crippen LogP) is 3.58. The van der Waals surface area contributed by atoms with E-state index in [1.165, 1.54) is 0 Å². The lowest BCUT2D eigenvalue weighted by molar-refractivity contribution is -0.137. The molecule has 0 saturated heterocycles. The van der Waals surface area contributed by atoms with Gasteiger partial charge in [0.2, 0.25) is 0 Å². The summed E-state index contributed by atoms with van der Waals surface area (Å²) < 4.78 is 34.9. The van der Waals surface area contributed by atoms with Gasteiger partial charge in [-0.25, -0.2) is 0 Å². The minimum Gasteiger partial charge on any atom is -0.171 e. The fourth-order valence-electron chi connectivity index (χ4n) is 0.930. The third-order valence-corrected chi connectivity index (χ3v) is 1.56. The van der Waals surface area contributed by atoms with E-state index in [2.05, 4.69) is 0 Å². The molecule has 67 valence electrons. The molecule has 1 atom stereocenters. The van der Waals surface area contributed by atoms with Crippen molar-refractivity contribution < 1.29 is 13.2 Å². The van der Waals surface area contributed by atoms with Gasteiger partial charge >= 0.3 is 6.18 Å². The fourth-order valence-corrected chi connectivity index (χ4v) is 0.930. The van der Waals surface area contributed by atoms with Crippen molar-refractivity contribution >= 4 is 0 Å². The van der Waals surface area contributed by atoms with Crippen LogP contribution in [0.2, 0.25) is 0 Å². The Bertz CT molecular complexity index is 96.0. The summed E-state index contributed by atoms with van der Waals surface area (Å²) in [5, 5.41) is 0. The van der Waals surface area contributed by atoms with Crippen LogP contribution in [-0.4, -0.2) is 6.18 Å². The highest BCUT2D eigenvalue weighted by Crippen LogP contribution is 2.25. The third-order valence-electron chi connectivity index (χ3n) is 1.56. The third kappa shape index (κ3) is 7.69. The number of hydrogen-bond donors (Lipinski definition) is 0. The first-order chi connectivity index (χ1) is 4.95. The number of halogens is 3. The van der Waals surface area contributed by atoms with Crippen LogP contribution >= 0.6 is 0 Å². The van der Waals surface area contributed by atoms with Gasteiger partial charge in [0, 0.05) is 6.42 Å². The average Bonchev–Trinajstić information content (AvgIpc) is 1.83. The maximum Gasteiger partial charge on any atom is 0.389 e. The van der Waals surface area contributed by atoms with E-state index in [1.54, 1.807) is 0 Å². The van der Waals surface area contributed by atoms with Crippen molar-refractivity contribution in [2.75, 3.05) is 0 Å². The Balaban J connectivity index is 3.38. The first-order valence-corrected chi connectivity index (χ1v) is 3.80. The quantitative estimate of drug-likeness (QED) is 0.600. The molecule has 0 fully saturated rings. The van der Waals surface area contributed by atoms with E-state index in [1.807, 2.05) is 20.3 Å². The summed E-state index contributed by atoms with van der Waals surface area (Å²) in [4.78, 5) is 0. The van der Waals surface area contributed by atoms with Gasteiger partial charge in [-0.1, -0.05) is 13.8 Å². The number of rotatable bonds is 4. The fraction of sp³-hybridized carbons (Fsp3) is 0.875.